The van der Waals surface area contributed by atoms with Gasteiger partial charge >= 0.3 is 0 Å². The Morgan fingerprint density at radius 2 is 2.03 bits per heavy atom. The maximum atomic E-state index is 10.3. The summed E-state index contributed by atoms with van der Waals surface area (Å²) in [5, 5.41) is 17.7. The van der Waals surface area contributed by atoms with Gasteiger partial charge in [-0.25, -0.2) is 4.99 Å². The molecular formula is C22H29ClN4O3. The quantitative estimate of drug-likeness (QED) is 0.459. The van der Waals surface area contributed by atoms with Crippen LogP contribution in [0.2, 0.25) is 5.02 Å². The predicted octanol–water partition coefficient (Wildman–Crippen LogP) is 3.40. The highest BCUT2D eigenvalue weighted by molar-refractivity contribution is 6.30. The lowest BCUT2D eigenvalue weighted by Gasteiger charge is -2.22. The van der Waals surface area contributed by atoms with Gasteiger partial charge in [0.15, 0.2) is 17.5 Å². The number of aliphatic imine (C=N–C) groups is 1. The van der Waals surface area contributed by atoms with E-state index in [1.807, 2.05) is 37.3 Å². The molecule has 0 amide bonds. The lowest BCUT2D eigenvalue weighted by Crippen LogP contribution is -2.44. The minimum atomic E-state index is 0.125. The summed E-state index contributed by atoms with van der Waals surface area (Å²) in [4.78, 5) is 6.91. The number of anilines is 1. The van der Waals surface area contributed by atoms with Crippen molar-refractivity contribution in [1.29, 1.82) is 0 Å². The molecule has 0 spiro atoms. The summed E-state index contributed by atoms with van der Waals surface area (Å²) in [5.74, 6) is 2.10. The summed E-state index contributed by atoms with van der Waals surface area (Å²) in [6.45, 7) is 4.82. The second-order valence-corrected chi connectivity index (χ2v) is 7.49. The van der Waals surface area contributed by atoms with Crippen LogP contribution in [0.3, 0.4) is 0 Å². The van der Waals surface area contributed by atoms with Crippen LogP contribution < -0.4 is 25.0 Å². The Kier molecular flexibility index (Phi) is 7.52. The van der Waals surface area contributed by atoms with Gasteiger partial charge in [0.1, 0.15) is 5.75 Å². The molecule has 1 atom stereocenters. The van der Waals surface area contributed by atoms with Crippen molar-refractivity contribution in [1.82, 2.24) is 10.6 Å². The maximum Gasteiger partial charge on any atom is 0.191 e. The second kappa shape index (κ2) is 10.3. The number of para-hydroxylation sites is 1. The molecule has 1 saturated heterocycles. The third-order valence-electron chi connectivity index (χ3n) is 5.06. The van der Waals surface area contributed by atoms with E-state index in [0.717, 1.165) is 37.5 Å². The summed E-state index contributed by atoms with van der Waals surface area (Å²) in [5.41, 5.74) is 1.71. The SMILES string of the molecule is CCNC(=NCc1cccc(OC)c1O)NC1CCN(c2cc(Cl)ccc2OC)C1. The molecule has 1 aliphatic heterocycles. The number of benzene rings is 2. The van der Waals surface area contributed by atoms with Crippen LogP contribution in [0.25, 0.3) is 0 Å². The number of nitrogens with one attached hydrogen (secondary N) is 2. The Morgan fingerprint density at radius 3 is 2.77 bits per heavy atom. The van der Waals surface area contributed by atoms with Crippen LogP contribution in [0.5, 0.6) is 17.2 Å². The first-order valence-corrected chi connectivity index (χ1v) is 10.4. The molecule has 1 fully saturated rings. The van der Waals surface area contributed by atoms with Crippen molar-refractivity contribution in [2.75, 3.05) is 38.8 Å². The third kappa shape index (κ3) is 5.21. The van der Waals surface area contributed by atoms with Crippen LogP contribution in [0.1, 0.15) is 18.9 Å². The summed E-state index contributed by atoms with van der Waals surface area (Å²) in [6, 6.07) is 11.3. The average molecular weight is 433 g/mol. The molecule has 0 aliphatic carbocycles. The molecule has 0 bridgehead atoms. The fraction of sp³-hybridized carbons (Fsp3) is 0.409. The third-order valence-corrected chi connectivity index (χ3v) is 5.30. The van der Waals surface area contributed by atoms with Crippen molar-refractivity contribution in [2.45, 2.75) is 25.9 Å². The van der Waals surface area contributed by atoms with Crippen LogP contribution in [-0.4, -0.2) is 51.0 Å². The molecule has 1 aliphatic rings. The van der Waals surface area contributed by atoms with E-state index < -0.39 is 0 Å². The molecule has 1 heterocycles. The van der Waals surface area contributed by atoms with E-state index in [1.165, 1.54) is 7.11 Å². The van der Waals surface area contributed by atoms with Gasteiger partial charge in [0.25, 0.3) is 0 Å². The first-order chi connectivity index (χ1) is 14.5. The van der Waals surface area contributed by atoms with Gasteiger partial charge in [-0.05, 0) is 37.6 Å². The van der Waals surface area contributed by atoms with Gasteiger partial charge in [-0.15, -0.1) is 0 Å². The van der Waals surface area contributed by atoms with Crippen LogP contribution in [0.15, 0.2) is 41.4 Å². The number of methoxy groups -OCH3 is 2. The summed E-state index contributed by atoms with van der Waals surface area (Å²) in [7, 11) is 3.21. The molecule has 0 aromatic heterocycles. The number of halogens is 1. The van der Waals surface area contributed by atoms with E-state index in [1.54, 1.807) is 13.2 Å². The van der Waals surface area contributed by atoms with Gasteiger partial charge in [0, 0.05) is 36.3 Å². The Morgan fingerprint density at radius 1 is 1.23 bits per heavy atom. The first-order valence-electron chi connectivity index (χ1n) is 10.0. The Bertz CT molecular complexity index is 891. The molecule has 2 aromatic carbocycles. The largest absolute Gasteiger partial charge is 0.504 e. The lowest BCUT2D eigenvalue weighted by molar-refractivity contribution is 0.370. The second-order valence-electron chi connectivity index (χ2n) is 7.06. The Balaban J connectivity index is 1.68. The smallest absolute Gasteiger partial charge is 0.191 e. The molecule has 2 aromatic rings. The number of rotatable bonds is 7. The van der Waals surface area contributed by atoms with Crippen LogP contribution in [0, 0.1) is 0 Å². The predicted molar refractivity (Wildman–Crippen MR) is 121 cm³/mol. The van der Waals surface area contributed by atoms with E-state index in [2.05, 4.69) is 20.5 Å². The van der Waals surface area contributed by atoms with Crippen molar-refractivity contribution in [3.63, 3.8) is 0 Å². The number of aromatic hydroxyl groups is 1. The zero-order chi connectivity index (χ0) is 21.5. The normalized spacial score (nSPS) is 16.5. The Hall–Kier alpha value is -2.80. The minimum absolute atomic E-state index is 0.125. The number of ether oxygens (including phenoxy) is 2. The number of hydrogen-bond acceptors (Lipinski definition) is 5. The fourth-order valence-corrected chi connectivity index (χ4v) is 3.71. The summed E-state index contributed by atoms with van der Waals surface area (Å²) < 4.78 is 10.7. The highest BCUT2D eigenvalue weighted by Crippen LogP contribution is 2.33. The number of phenols is 1. The van der Waals surface area contributed by atoms with E-state index >= 15 is 0 Å². The molecule has 30 heavy (non-hydrogen) atoms. The van der Waals surface area contributed by atoms with E-state index in [9.17, 15) is 5.11 Å². The van der Waals surface area contributed by atoms with Gasteiger partial charge < -0.3 is 30.1 Å². The van der Waals surface area contributed by atoms with E-state index in [-0.39, 0.29) is 11.8 Å². The standard InChI is InChI=1S/C22H29ClN4O3/c1-4-24-22(25-13-15-6-5-7-20(30-3)21(15)28)26-17-10-11-27(14-17)18-12-16(23)8-9-19(18)29-2/h5-9,12,17,28H,4,10-11,13-14H2,1-3H3,(H2,24,25,26). The number of guanidine groups is 1. The lowest BCUT2D eigenvalue weighted by atomic mass is 10.2. The Labute approximate surface area is 182 Å². The number of phenolic OH excluding ortho intramolecular Hbond substituents is 1. The van der Waals surface area contributed by atoms with E-state index in [0.29, 0.717) is 28.8 Å². The van der Waals surface area contributed by atoms with Crippen molar-refractivity contribution in [3.8, 4) is 17.2 Å². The van der Waals surface area contributed by atoms with Crippen molar-refractivity contribution in [2.24, 2.45) is 4.99 Å². The average Bonchev–Trinajstić information content (AvgIpc) is 3.21. The van der Waals surface area contributed by atoms with Crippen molar-refractivity contribution < 1.29 is 14.6 Å². The molecule has 3 rings (SSSR count). The molecule has 3 N–H and O–H groups in total. The minimum Gasteiger partial charge on any atom is -0.504 e. The van der Waals surface area contributed by atoms with Gasteiger partial charge in [-0.2, -0.15) is 0 Å². The summed E-state index contributed by atoms with van der Waals surface area (Å²) >= 11 is 6.19. The van der Waals surface area contributed by atoms with Gasteiger partial charge in [0.05, 0.1) is 26.5 Å². The van der Waals surface area contributed by atoms with E-state index in [4.69, 9.17) is 21.1 Å². The van der Waals surface area contributed by atoms with Crippen molar-refractivity contribution >= 4 is 23.2 Å². The zero-order valence-electron chi connectivity index (χ0n) is 17.6. The van der Waals surface area contributed by atoms with Gasteiger partial charge in [0.2, 0.25) is 0 Å². The molecular weight excluding hydrogens is 404 g/mol. The first kappa shape index (κ1) is 21.9. The van der Waals surface area contributed by atoms with Crippen LogP contribution in [0.4, 0.5) is 5.69 Å². The molecule has 0 saturated carbocycles. The maximum absolute atomic E-state index is 10.3. The number of nitrogens with zero attached hydrogens (tertiary/aromatic N) is 2. The number of hydrogen-bond donors (Lipinski definition) is 3. The highest BCUT2D eigenvalue weighted by Gasteiger charge is 2.25. The summed E-state index contributed by atoms with van der Waals surface area (Å²) in [6.07, 6.45) is 0.963. The van der Waals surface area contributed by atoms with Gasteiger partial charge in [-0.3, -0.25) is 0 Å². The monoisotopic (exact) mass is 432 g/mol. The zero-order valence-corrected chi connectivity index (χ0v) is 18.4. The molecule has 0 radical (unpaired) electrons. The topological polar surface area (TPSA) is 78.4 Å². The molecule has 162 valence electrons. The molecule has 8 heteroatoms. The molecule has 7 nitrogen and oxygen atoms in total. The van der Waals surface area contributed by atoms with Crippen LogP contribution in [-0.2, 0) is 6.54 Å². The molecule has 1 unspecified atom stereocenters. The van der Waals surface area contributed by atoms with Crippen molar-refractivity contribution in [3.05, 3.63) is 47.0 Å². The van der Waals surface area contributed by atoms with Gasteiger partial charge in [-0.1, -0.05) is 23.7 Å². The highest BCUT2D eigenvalue weighted by atomic mass is 35.5. The van der Waals surface area contributed by atoms with Crippen LogP contribution >= 0.6 is 11.6 Å². The fourth-order valence-electron chi connectivity index (χ4n) is 3.54.